The third kappa shape index (κ3) is 6.13. The van der Waals surface area contributed by atoms with Gasteiger partial charge in [-0.25, -0.2) is 0 Å². The monoisotopic (exact) mass is 286 g/mol. The molecule has 0 aliphatic carbocycles. The van der Waals surface area contributed by atoms with Gasteiger partial charge in [-0.15, -0.1) is 0 Å². The molecule has 1 saturated heterocycles. The van der Waals surface area contributed by atoms with Gasteiger partial charge in [-0.3, -0.25) is 4.98 Å². The zero-order valence-electron chi connectivity index (χ0n) is 13.3. The van der Waals surface area contributed by atoms with Crippen LogP contribution in [0, 0.1) is 5.41 Å². The van der Waals surface area contributed by atoms with E-state index in [1.54, 1.807) is 6.20 Å². The van der Waals surface area contributed by atoms with E-state index >= 15 is 0 Å². The molecule has 1 aromatic rings. The summed E-state index contributed by atoms with van der Waals surface area (Å²) < 4.78 is 5.81. The van der Waals surface area contributed by atoms with Crippen molar-refractivity contribution in [2.45, 2.75) is 39.7 Å². The Hall–Kier alpha value is -1.61. The number of rotatable bonds is 5. The molecule has 2 heterocycles. The molecule has 21 heavy (non-hydrogen) atoms. The Morgan fingerprint density at radius 2 is 2.19 bits per heavy atom. The summed E-state index contributed by atoms with van der Waals surface area (Å²) >= 11 is 0. The van der Waals surface area contributed by atoms with Gasteiger partial charge in [0.1, 0.15) is 12.4 Å². The molecule has 114 valence electrons. The van der Waals surface area contributed by atoms with E-state index < -0.39 is 0 Å². The zero-order chi connectivity index (χ0) is 15.1. The molecule has 1 fully saturated rings. The van der Waals surface area contributed by atoms with Crippen molar-refractivity contribution >= 4 is 6.08 Å². The van der Waals surface area contributed by atoms with Gasteiger partial charge in [-0.1, -0.05) is 45.1 Å². The van der Waals surface area contributed by atoms with Crippen LogP contribution in [0.3, 0.4) is 0 Å². The summed E-state index contributed by atoms with van der Waals surface area (Å²) in [5, 5.41) is 3.43. The molecule has 0 aromatic carbocycles. The highest BCUT2D eigenvalue weighted by Crippen LogP contribution is 2.16. The standard InChI is InChI=1S/C18H26N2O/c1-18(2,3)9-5-4-7-15-11-17(13-19-12-15)21-14-16-8-6-10-20-16/h4-5,7,9,11-13,16,20H,6,8,10,14H2,1-3H3. The molecule has 3 heteroatoms. The van der Waals surface area contributed by atoms with E-state index in [9.17, 15) is 0 Å². The van der Waals surface area contributed by atoms with Crippen molar-refractivity contribution in [3.63, 3.8) is 0 Å². The average Bonchev–Trinajstić information content (AvgIpc) is 2.94. The Labute approximate surface area is 128 Å². The number of pyridine rings is 1. The summed E-state index contributed by atoms with van der Waals surface area (Å²) in [7, 11) is 0. The molecule has 1 aliphatic heterocycles. The number of hydrogen-bond acceptors (Lipinski definition) is 3. The van der Waals surface area contributed by atoms with Crippen molar-refractivity contribution in [3.05, 3.63) is 42.3 Å². The van der Waals surface area contributed by atoms with Gasteiger partial charge in [0.15, 0.2) is 0 Å². The molecule has 0 amide bonds. The highest BCUT2D eigenvalue weighted by atomic mass is 16.5. The van der Waals surface area contributed by atoms with E-state index in [0.717, 1.165) is 24.5 Å². The second-order valence-corrected chi connectivity index (χ2v) is 6.64. The summed E-state index contributed by atoms with van der Waals surface area (Å²) in [5.41, 5.74) is 1.27. The van der Waals surface area contributed by atoms with Crippen LogP contribution >= 0.6 is 0 Å². The SMILES string of the molecule is CC(C)(C)C=CC=Cc1cncc(OCC2CCCN2)c1. The quantitative estimate of drug-likeness (QED) is 0.835. The summed E-state index contributed by atoms with van der Waals surface area (Å²) in [6.07, 6.45) is 14.4. The van der Waals surface area contributed by atoms with Crippen molar-refractivity contribution < 1.29 is 4.74 Å². The molecule has 1 atom stereocenters. The maximum Gasteiger partial charge on any atom is 0.138 e. The Morgan fingerprint density at radius 1 is 1.33 bits per heavy atom. The topological polar surface area (TPSA) is 34.1 Å². The molecule has 0 spiro atoms. The number of allylic oxidation sites excluding steroid dienone is 3. The molecule has 3 nitrogen and oxygen atoms in total. The fourth-order valence-corrected chi connectivity index (χ4v) is 2.21. The lowest BCUT2D eigenvalue weighted by molar-refractivity contribution is 0.276. The largest absolute Gasteiger partial charge is 0.490 e. The van der Waals surface area contributed by atoms with Crippen LogP contribution in [0.15, 0.2) is 36.7 Å². The van der Waals surface area contributed by atoms with Crippen molar-refractivity contribution in [1.29, 1.82) is 0 Å². The Balaban J connectivity index is 1.88. The Bertz CT molecular complexity index is 494. The van der Waals surface area contributed by atoms with E-state index in [1.165, 1.54) is 12.8 Å². The number of hydrogen-bond donors (Lipinski definition) is 1. The molecule has 1 aromatic heterocycles. The van der Waals surface area contributed by atoms with Crippen LogP contribution in [0.2, 0.25) is 0 Å². The summed E-state index contributed by atoms with van der Waals surface area (Å²) in [5.74, 6) is 0.839. The van der Waals surface area contributed by atoms with Crippen LogP contribution in [-0.2, 0) is 0 Å². The first kappa shape index (κ1) is 15.8. The van der Waals surface area contributed by atoms with Crippen molar-refractivity contribution in [1.82, 2.24) is 10.3 Å². The summed E-state index contributed by atoms with van der Waals surface area (Å²) in [6, 6.07) is 2.52. The highest BCUT2D eigenvalue weighted by molar-refractivity contribution is 5.51. The number of nitrogens with one attached hydrogen (secondary N) is 1. The zero-order valence-corrected chi connectivity index (χ0v) is 13.3. The minimum atomic E-state index is 0.210. The maximum atomic E-state index is 5.81. The van der Waals surface area contributed by atoms with Crippen LogP contribution in [-0.4, -0.2) is 24.2 Å². The van der Waals surface area contributed by atoms with Gasteiger partial charge >= 0.3 is 0 Å². The van der Waals surface area contributed by atoms with E-state index in [4.69, 9.17) is 4.74 Å². The highest BCUT2D eigenvalue weighted by Gasteiger charge is 2.14. The third-order valence-electron chi connectivity index (χ3n) is 3.34. The van der Waals surface area contributed by atoms with Gasteiger partial charge in [0, 0.05) is 12.2 Å². The fourth-order valence-electron chi connectivity index (χ4n) is 2.21. The molecular weight excluding hydrogens is 260 g/mol. The van der Waals surface area contributed by atoms with Crippen molar-refractivity contribution in [3.8, 4) is 5.75 Å². The molecule has 0 saturated carbocycles. The van der Waals surface area contributed by atoms with Crippen molar-refractivity contribution in [2.75, 3.05) is 13.2 Å². The van der Waals surface area contributed by atoms with Gasteiger partial charge in [0.2, 0.25) is 0 Å². The molecule has 2 rings (SSSR count). The molecule has 1 aliphatic rings. The van der Waals surface area contributed by atoms with E-state index in [-0.39, 0.29) is 5.41 Å². The number of aromatic nitrogens is 1. The van der Waals surface area contributed by atoms with Crippen LogP contribution in [0.1, 0.15) is 39.2 Å². The average molecular weight is 286 g/mol. The second kappa shape index (κ2) is 7.41. The van der Waals surface area contributed by atoms with E-state index in [1.807, 2.05) is 18.3 Å². The maximum absolute atomic E-state index is 5.81. The second-order valence-electron chi connectivity index (χ2n) is 6.64. The normalized spacial score (nSPS) is 19.7. The van der Waals surface area contributed by atoms with Gasteiger partial charge in [-0.05, 0) is 36.4 Å². The smallest absolute Gasteiger partial charge is 0.138 e. The van der Waals surface area contributed by atoms with Gasteiger partial charge in [-0.2, -0.15) is 0 Å². The predicted molar refractivity (Wildman–Crippen MR) is 88.4 cm³/mol. The van der Waals surface area contributed by atoms with Crippen LogP contribution in [0.4, 0.5) is 0 Å². The lowest BCUT2D eigenvalue weighted by Gasteiger charge is -2.12. The van der Waals surface area contributed by atoms with Gasteiger partial charge < -0.3 is 10.1 Å². The van der Waals surface area contributed by atoms with Crippen LogP contribution in [0.25, 0.3) is 6.08 Å². The van der Waals surface area contributed by atoms with Gasteiger partial charge in [0.05, 0.1) is 6.20 Å². The lowest BCUT2D eigenvalue weighted by Crippen LogP contribution is -2.28. The van der Waals surface area contributed by atoms with Crippen LogP contribution in [0.5, 0.6) is 5.75 Å². The molecular formula is C18H26N2O. The minimum absolute atomic E-state index is 0.210. The third-order valence-corrected chi connectivity index (χ3v) is 3.34. The Kier molecular flexibility index (Phi) is 5.57. The molecule has 1 unspecified atom stereocenters. The Morgan fingerprint density at radius 3 is 2.90 bits per heavy atom. The van der Waals surface area contributed by atoms with Crippen LogP contribution < -0.4 is 10.1 Å². The summed E-state index contributed by atoms with van der Waals surface area (Å²) in [6.45, 7) is 8.38. The van der Waals surface area contributed by atoms with E-state index in [2.05, 4.69) is 49.3 Å². The first-order valence-electron chi connectivity index (χ1n) is 7.70. The minimum Gasteiger partial charge on any atom is -0.490 e. The molecule has 0 bridgehead atoms. The molecule has 0 radical (unpaired) electrons. The van der Waals surface area contributed by atoms with E-state index in [0.29, 0.717) is 6.04 Å². The fraction of sp³-hybridized carbons (Fsp3) is 0.500. The summed E-state index contributed by atoms with van der Waals surface area (Å²) in [4.78, 5) is 4.24. The van der Waals surface area contributed by atoms with Gasteiger partial charge in [0.25, 0.3) is 0 Å². The number of nitrogens with zero attached hydrogens (tertiary/aromatic N) is 1. The first-order chi connectivity index (χ1) is 10.0. The first-order valence-corrected chi connectivity index (χ1v) is 7.70. The predicted octanol–water partition coefficient (Wildman–Crippen LogP) is 3.83. The molecule has 1 N–H and O–H groups in total. The number of ether oxygens (including phenoxy) is 1. The van der Waals surface area contributed by atoms with Crippen molar-refractivity contribution in [2.24, 2.45) is 5.41 Å². The lowest BCUT2D eigenvalue weighted by atomic mass is 9.96.